The zero-order valence-corrected chi connectivity index (χ0v) is 20.8. The van der Waals surface area contributed by atoms with Gasteiger partial charge < -0.3 is 9.64 Å². The lowest BCUT2D eigenvalue weighted by molar-refractivity contribution is -0.158. The van der Waals surface area contributed by atoms with Gasteiger partial charge in [0.25, 0.3) is 5.91 Å². The van der Waals surface area contributed by atoms with Crippen molar-refractivity contribution in [3.05, 3.63) is 52.8 Å². The van der Waals surface area contributed by atoms with Gasteiger partial charge in [0, 0.05) is 50.6 Å². The number of piperidine rings is 1. The van der Waals surface area contributed by atoms with Crippen LogP contribution >= 0.6 is 0 Å². The molecule has 186 valence electrons. The van der Waals surface area contributed by atoms with Crippen molar-refractivity contribution in [2.24, 2.45) is 7.05 Å². The van der Waals surface area contributed by atoms with E-state index in [0.29, 0.717) is 42.5 Å². The van der Waals surface area contributed by atoms with Crippen molar-refractivity contribution < 1.29 is 14.3 Å². The maximum absolute atomic E-state index is 13.4. The van der Waals surface area contributed by atoms with Gasteiger partial charge in [-0.1, -0.05) is 0 Å². The second-order valence-electron chi connectivity index (χ2n) is 9.26. The zero-order chi connectivity index (χ0) is 25.6. The Labute approximate surface area is 207 Å². The van der Waals surface area contributed by atoms with Crippen molar-refractivity contribution in [1.29, 1.82) is 0 Å². The van der Waals surface area contributed by atoms with E-state index in [0.717, 1.165) is 22.5 Å². The second-order valence-corrected chi connectivity index (χ2v) is 9.26. The third-order valence-electron chi connectivity index (χ3n) is 6.80. The van der Waals surface area contributed by atoms with Crippen LogP contribution in [0.3, 0.4) is 0 Å². The standard InChI is InChI=1S/C26H28N6O4/c1-15-5-6-18(13-27-15)20-7-8-21-23(29-20)24-22(14-28-21)30(4)26(35)32(24)19-9-11-31(12-10-19)25(34)16(2)36-17(3)33/h5-8,13-14,16,19H,9-12H2,1-4H3/t16-/m0/s1. The van der Waals surface area contributed by atoms with Crippen LogP contribution < -0.4 is 5.69 Å². The van der Waals surface area contributed by atoms with Crippen LogP contribution in [0.25, 0.3) is 33.3 Å². The number of amides is 1. The Morgan fingerprint density at radius 2 is 1.83 bits per heavy atom. The number of fused-ring (bicyclic) bond motifs is 3. The van der Waals surface area contributed by atoms with Crippen LogP contribution in [0.5, 0.6) is 0 Å². The van der Waals surface area contributed by atoms with Gasteiger partial charge in [0.05, 0.1) is 28.4 Å². The number of esters is 1. The highest BCUT2D eigenvalue weighted by atomic mass is 16.5. The van der Waals surface area contributed by atoms with E-state index in [9.17, 15) is 14.4 Å². The second kappa shape index (κ2) is 9.18. The quantitative estimate of drug-likeness (QED) is 0.406. The highest BCUT2D eigenvalue weighted by Crippen LogP contribution is 2.30. The molecule has 0 aliphatic carbocycles. The Bertz CT molecular complexity index is 1530. The topological polar surface area (TPSA) is 112 Å². The number of aryl methyl sites for hydroxylation is 2. The van der Waals surface area contributed by atoms with E-state index in [2.05, 4.69) is 9.97 Å². The van der Waals surface area contributed by atoms with Crippen LogP contribution in [-0.4, -0.2) is 60.1 Å². The van der Waals surface area contributed by atoms with Crippen LogP contribution in [0, 0.1) is 6.92 Å². The minimum atomic E-state index is -0.826. The maximum atomic E-state index is 13.4. The molecule has 0 bridgehead atoms. The monoisotopic (exact) mass is 488 g/mol. The van der Waals surface area contributed by atoms with Gasteiger partial charge in [0.1, 0.15) is 5.52 Å². The molecule has 5 heterocycles. The fourth-order valence-electron chi connectivity index (χ4n) is 4.91. The molecule has 0 spiro atoms. The SMILES string of the molecule is CC(=O)O[C@@H](C)C(=O)N1CCC(n2c(=O)n(C)c3cnc4ccc(-c5ccc(C)nc5)nc4c32)CC1. The van der Waals surface area contributed by atoms with Gasteiger partial charge in [-0.2, -0.15) is 0 Å². The maximum Gasteiger partial charge on any atom is 0.329 e. The summed E-state index contributed by atoms with van der Waals surface area (Å²) < 4.78 is 8.46. The van der Waals surface area contributed by atoms with Crippen LogP contribution in [-0.2, 0) is 21.4 Å². The zero-order valence-electron chi connectivity index (χ0n) is 20.8. The molecule has 0 aromatic carbocycles. The number of hydrogen-bond acceptors (Lipinski definition) is 7. The van der Waals surface area contributed by atoms with E-state index >= 15 is 0 Å². The van der Waals surface area contributed by atoms with Gasteiger partial charge in [0.15, 0.2) is 6.10 Å². The first-order valence-electron chi connectivity index (χ1n) is 12.0. The summed E-state index contributed by atoms with van der Waals surface area (Å²) >= 11 is 0. The highest BCUT2D eigenvalue weighted by molar-refractivity contribution is 6.00. The van der Waals surface area contributed by atoms with Gasteiger partial charge in [-0.15, -0.1) is 0 Å². The molecular weight excluding hydrogens is 460 g/mol. The number of ether oxygens (including phenoxy) is 1. The van der Waals surface area contributed by atoms with Crippen LogP contribution in [0.1, 0.15) is 38.4 Å². The number of nitrogens with zero attached hydrogens (tertiary/aromatic N) is 6. The number of carbonyl (C=O) groups excluding carboxylic acids is 2. The van der Waals surface area contributed by atoms with Crippen molar-refractivity contribution in [1.82, 2.24) is 29.0 Å². The van der Waals surface area contributed by atoms with E-state index in [1.165, 1.54) is 6.92 Å². The van der Waals surface area contributed by atoms with Gasteiger partial charge in [-0.05, 0) is 51.0 Å². The Hall–Kier alpha value is -4.08. The summed E-state index contributed by atoms with van der Waals surface area (Å²) in [5.41, 5.74) is 5.24. The number of aromatic nitrogens is 5. The van der Waals surface area contributed by atoms with E-state index < -0.39 is 12.1 Å². The predicted molar refractivity (Wildman–Crippen MR) is 134 cm³/mol. The van der Waals surface area contributed by atoms with Crippen molar-refractivity contribution in [2.75, 3.05) is 13.1 Å². The molecule has 10 nitrogen and oxygen atoms in total. The first-order valence-corrected chi connectivity index (χ1v) is 12.0. The smallest absolute Gasteiger partial charge is 0.329 e. The molecule has 0 saturated carbocycles. The molecule has 1 saturated heterocycles. The lowest BCUT2D eigenvalue weighted by Crippen LogP contribution is -2.45. The van der Waals surface area contributed by atoms with Crippen LogP contribution in [0.2, 0.25) is 0 Å². The summed E-state index contributed by atoms with van der Waals surface area (Å²) in [6.45, 7) is 5.74. The summed E-state index contributed by atoms with van der Waals surface area (Å²) in [5, 5.41) is 0. The number of hydrogen-bond donors (Lipinski definition) is 0. The van der Waals surface area contributed by atoms with Crippen molar-refractivity contribution >= 4 is 33.9 Å². The third-order valence-corrected chi connectivity index (χ3v) is 6.80. The van der Waals surface area contributed by atoms with Gasteiger partial charge in [-0.25, -0.2) is 9.78 Å². The number of pyridine rings is 3. The number of rotatable bonds is 4. The molecule has 1 aliphatic heterocycles. The third kappa shape index (κ3) is 4.12. The number of likely N-dealkylation sites (tertiary alicyclic amines) is 1. The molecule has 1 fully saturated rings. The molecule has 36 heavy (non-hydrogen) atoms. The molecule has 1 amide bonds. The van der Waals surface area contributed by atoms with E-state index in [-0.39, 0.29) is 17.6 Å². The Morgan fingerprint density at radius 1 is 1.08 bits per heavy atom. The fourth-order valence-corrected chi connectivity index (χ4v) is 4.91. The molecule has 1 atom stereocenters. The summed E-state index contributed by atoms with van der Waals surface area (Å²) in [5.74, 6) is -0.705. The molecule has 4 aromatic heterocycles. The average molecular weight is 489 g/mol. The summed E-state index contributed by atoms with van der Waals surface area (Å²) in [6.07, 6.45) is 3.88. The molecule has 1 aliphatic rings. The normalized spacial score (nSPS) is 15.4. The van der Waals surface area contributed by atoms with Crippen LogP contribution in [0.4, 0.5) is 0 Å². The minimum Gasteiger partial charge on any atom is -0.453 e. The Balaban J connectivity index is 1.53. The van der Waals surface area contributed by atoms with Crippen LogP contribution in [0.15, 0.2) is 41.5 Å². The number of imidazole rings is 1. The Morgan fingerprint density at radius 3 is 2.50 bits per heavy atom. The molecule has 0 radical (unpaired) electrons. The molecule has 10 heteroatoms. The average Bonchev–Trinajstić information content (AvgIpc) is 3.13. The predicted octanol–water partition coefficient (Wildman–Crippen LogP) is 2.77. The Kier molecular flexibility index (Phi) is 6.03. The summed E-state index contributed by atoms with van der Waals surface area (Å²) in [7, 11) is 1.74. The molecule has 4 aromatic rings. The van der Waals surface area contributed by atoms with Crippen molar-refractivity contribution in [3.63, 3.8) is 0 Å². The highest BCUT2D eigenvalue weighted by Gasteiger charge is 2.30. The van der Waals surface area contributed by atoms with E-state index in [1.54, 1.807) is 40.4 Å². The fraction of sp³-hybridized carbons (Fsp3) is 0.385. The van der Waals surface area contributed by atoms with Gasteiger partial charge in [0.2, 0.25) is 0 Å². The molecule has 0 N–H and O–H groups in total. The molecule has 5 rings (SSSR count). The lowest BCUT2D eigenvalue weighted by atomic mass is 10.0. The molecule has 0 unspecified atom stereocenters. The first kappa shape index (κ1) is 23.7. The largest absolute Gasteiger partial charge is 0.453 e. The lowest BCUT2D eigenvalue weighted by Gasteiger charge is -2.33. The summed E-state index contributed by atoms with van der Waals surface area (Å²) in [4.78, 5) is 52.8. The van der Waals surface area contributed by atoms with Crippen molar-refractivity contribution in [2.45, 2.75) is 45.8 Å². The van der Waals surface area contributed by atoms with Gasteiger partial charge in [-0.3, -0.25) is 28.7 Å². The summed E-state index contributed by atoms with van der Waals surface area (Å²) in [6, 6.07) is 7.64. The number of carbonyl (C=O) groups is 2. The van der Waals surface area contributed by atoms with Gasteiger partial charge >= 0.3 is 11.7 Å². The van der Waals surface area contributed by atoms with E-state index in [1.807, 2.05) is 31.2 Å². The molecular formula is C26H28N6O4. The van der Waals surface area contributed by atoms with E-state index in [4.69, 9.17) is 9.72 Å². The minimum absolute atomic E-state index is 0.105. The van der Waals surface area contributed by atoms with Crippen molar-refractivity contribution in [3.8, 4) is 11.3 Å². The first-order chi connectivity index (χ1) is 17.2.